The Morgan fingerprint density at radius 3 is 2.60 bits per heavy atom. The first-order chi connectivity index (χ1) is 17.0. The van der Waals surface area contributed by atoms with E-state index in [4.69, 9.17) is 0 Å². The van der Waals surface area contributed by atoms with Gasteiger partial charge in [-0.2, -0.15) is 0 Å². The van der Waals surface area contributed by atoms with E-state index in [0.717, 1.165) is 58.3 Å². The Morgan fingerprint density at radius 1 is 1.06 bits per heavy atom. The predicted octanol–water partition coefficient (Wildman–Crippen LogP) is 2.04. The van der Waals surface area contributed by atoms with Gasteiger partial charge in [-0.25, -0.2) is 4.98 Å². The number of nitrogens with zero attached hydrogens (tertiary/aromatic N) is 3. The van der Waals surface area contributed by atoms with Gasteiger partial charge in [0.25, 0.3) is 5.91 Å². The first kappa shape index (κ1) is 23.8. The lowest BCUT2D eigenvalue weighted by Crippen LogP contribution is -2.43. The Bertz CT molecular complexity index is 1050. The zero-order valence-corrected chi connectivity index (χ0v) is 20.2. The van der Waals surface area contributed by atoms with Crippen molar-refractivity contribution in [2.75, 3.05) is 38.0 Å². The summed E-state index contributed by atoms with van der Waals surface area (Å²) in [5.41, 5.74) is 3.21. The number of aromatic nitrogens is 1. The number of β-amino-alcohol motifs (C(OH)–C–C–N with tert-alkyl or cyclic N) is 1. The molecule has 0 radical (unpaired) electrons. The van der Waals surface area contributed by atoms with Gasteiger partial charge in [0.2, 0.25) is 5.91 Å². The van der Waals surface area contributed by atoms with E-state index >= 15 is 0 Å². The van der Waals surface area contributed by atoms with Crippen molar-refractivity contribution >= 4 is 17.6 Å². The zero-order valence-electron chi connectivity index (χ0n) is 20.2. The number of nitrogens with one attached hydrogen (secondary N) is 2. The van der Waals surface area contributed by atoms with Crippen LogP contribution in [0.25, 0.3) is 0 Å². The van der Waals surface area contributed by atoms with Gasteiger partial charge in [-0.15, -0.1) is 0 Å². The summed E-state index contributed by atoms with van der Waals surface area (Å²) in [6, 6.07) is 12.1. The lowest BCUT2D eigenvalue weighted by molar-refractivity contribution is -0.133. The highest BCUT2D eigenvalue weighted by atomic mass is 16.3. The Kier molecular flexibility index (Phi) is 7.29. The van der Waals surface area contributed by atoms with Crippen LogP contribution < -0.4 is 10.6 Å². The lowest BCUT2D eigenvalue weighted by Gasteiger charge is -2.32. The number of aliphatic hydroxyl groups is 1. The molecule has 35 heavy (non-hydrogen) atoms. The second-order valence-corrected chi connectivity index (χ2v) is 10.1. The Labute approximate surface area is 206 Å². The summed E-state index contributed by atoms with van der Waals surface area (Å²) in [5.74, 6) is 1.03. The molecule has 2 aromatic rings. The Balaban J connectivity index is 1.06. The van der Waals surface area contributed by atoms with Crippen LogP contribution >= 0.6 is 0 Å². The standard InChI is InChI=1S/C27H35N5O3/c33-24(18-31-12-8-19-3-1-2-4-22(19)17-31)16-29-26(34)21-7-11-28-25(15-21)30-23-9-13-32(14-10-23)27(35)20-5-6-20/h1-4,7,11,15,20,23-24,33H,5-6,8-10,12-14,16-18H2,(H,28,30)(H,29,34)/t24-/m0/s1. The van der Waals surface area contributed by atoms with E-state index in [1.807, 2.05) is 4.90 Å². The number of hydrogen-bond donors (Lipinski definition) is 3. The number of amides is 2. The number of hydrogen-bond acceptors (Lipinski definition) is 6. The molecule has 1 saturated heterocycles. The normalized spacial score (nSPS) is 19.6. The number of fused-ring (bicyclic) bond motifs is 1. The van der Waals surface area contributed by atoms with Gasteiger partial charge < -0.3 is 20.6 Å². The van der Waals surface area contributed by atoms with Crippen LogP contribution in [0, 0.1) is 5.92 Å². The molecule has 186 valence electrons. The van der Waals surface area contributed by atoms with Gasteiger partial charge in [-0.1, -0.05) is 24.3 Å². The Morgan fingerprint density at radius 2 is 1.83 bits per heavy atom. The molecule has 1 saturated carbocycles. The maximum absolute atomic E-state index is 12.7. The molecule has 0 unspecified atom stereocenters. The molecule has 3 N–H and O–H groups in total. The van der Waals surface area contributed by atoms with Crippen molar-refractivity contribution in [1.82, 2.24) is 20.1 Å². The van der Waals surface area contributed by atoms with Crippen LogP contribution in [0.3, 0.4) is 0 Å². The summed E-state index contributed by atoms with van der Waals surface area (Å²) < 4.78 is 0. The van der Waals surface area contributed by atoms with Gasteiger partial charge in [0.15, 0.2) is 0 Å². The molecular weight excluding hydrogens is 442 g/mol. The van der Waals surface area contributed by atoms with Gasteiger partial charge in [0, 0.05) is 63.0 Å². The van der Waals surface area contributed by atoms with E-state index in [1.54, 1.807) is 18.3 Å². The average Bonchev–Trinajstić information content (AvgIpc) is 3.73. The summed E-state index contributed by atoms with van der Waals surface area (Å²) in [7, 11) is 0. The van der Waals surface area contributed by atoms with E-state index < -0.39 is 6.10 Å². The SMILES string of the molecule is O=C(NC[C@H](O)CN1CCc2ccccc2C1)c1ccnc(NC2CCN(C(=O)C3CC3)CC2)c1. The van der Waals surface area contributed by atoms with Crippen LogP contribution in [0.1, 0.15) is 47.2 Å². The molecule has 3 aliphatic rings. The van der Waals surface area contributed by atoms with E-state index in [0.29, 0.717) is 23.8 Å². The van der Waals surface area contributed by atoms with Crippen molar-refractivity contribution in [3.63, 3.8) is 0 Å². The molecule has 0 bridgehead atoms. The molecule has 1 aliphatic carbocycles. The summed E-state index contributed by atoms with van der Waals surface area (Å²) in [6.07, 6.45) is 5.82. The Hall–Kier alpha value is -2.97. The van der Waals surface area contributed by atoms with Gasteiger partial charge >= 0.3 is 0 Å². The van der Waals surface area contributed by atoms with Crippen LogP contribution in [-0.2, 0) is 17.8 Å². The fourth-order valence-corrected chi connectivity index (χ4v) is 5.08. The lowest BCUT2D eigenvalue weighted by atomic mass is 10.00. The number of benzene rings is 1. The van der Waals surface area contributed by atoms with Crippen LogP contribution in [0.2, 0.25) is 0 Å². The van der Waals surface area contributed by atoms with Gasteiger partial charge in [-0.3, -0.25) is 14.5 Å². The highest BCUT2D eigenvalue weighted by Gasteiger charge is 2.35. The topological polar surface area (TPSA) is 97.8 Å². The van der Waals surface area contributed by atoms with E-state index in [-0.39, 0.29) is 24.4 Å². The van der Waals surface area contributed by atoms with Crippen molar-refractivity contribution in [3.8, 4) is 0 Å². The van der Waals surface area contributed by atoms with Crippen molar-refractivity contribution < 1.29 is 14.7 Å². The maximum Gasteiger partial charge on any atom is 0.251 e. The fraction of sp³-hybridized carbons (Fsp3) is 0.519. The minimum Gasteiger partial charge on any atom is -0.390 e. The fourth-order valence-electron chi connectivity index (χ4n) is 5.08. The first-order valence-corrected chi connectivity index (χ1v) is 12.8. The van der Waals surface area contributed by atoms with E-state index in [2.05, 4.69) is 44.8 Å². The van der Waals surface area contributed by atoms with Crippen molar-refractivity contribution in [3.05, 3.63) is 59.3 Å². The number of rotatable bonds is 8. The monoisotopic (exact) mass is 477 g/mol. The maximum atomic E-state index is 12.7. The predicted molar refractivity (Wildman–Crippen MR) is 134 cm³/mol. The zero-order chi connectivity index (χ0) is 24.2. The molecule has 8 heteroatoms. The molecule has 2 fully saturated rings. The molecule has 1 atom stereocenters. The molecule has 5 rings (SSSR count). The third-order valence-electron chi connectivity index (χ3n) is 7.28. The van der Waals surface area contributed by atoms with Crippen LogP contribution in [0.4, 0.5) is 5.82 Å². The number of aliphatic hydroxyl groups excluding tert-OH is 1. The third kappa shape index (κ3) is 6.18. The minimum absolute atomic E-state index is 0.204. The van der Waals surface area contributed by atoms with Gasteiger partial charge in [0.1, 0.15) is 5.82 Å². The van der Waals surface area contributed by atoms with Crippen molar-refractivity contribution in [2.24, 2.45) is 5.92 Å². The van der Waals surface area contributed by atoms with Crippen LogP contribution in [-0.4, -0.2) is 76.6 Å². The molecule has 0 spiro atoms. The number of carbonyl (C=O) groups is 2. The second-order valence-electron chi connectivity index (χ2n) is 10.1. The van der Waals surface area contributed by atoms with Crippen LogP contribution in [0.5, 0.6) is 0 Å². The number of carbonyl (C=O) groups excluding carboxylic acids is 2. The smallest absolute Gasteiger partial charge is 0.251 e. The molecule has 8 nitrogen and oxygen atoms in total. The first-order valence-electron chi connectivity index (χ1n) is 12.8. The largest absolute Gasteiger partial charge is 0.390 e. The molecule has 2 amide bonds. The van der Waals surface area contributed by atoms with E-state index in [1.165, 1.54) is 11.1 Å². The van der Waals surface area contributed by atoms with Crippen LogP contribution in [0.15, 0.2) is 42.6 Å². The quantitative estimate of drug-likeness (QED) is 0.538. The summed E-state index contributed by atoms with van der Waals surface area (Å²) in [5, 5.41) is 16.8. The molecule has 2 aliphatic heterocycles. The van der Waals surface area contributed by atoms with E-state index in [9.17, 15) is 14.7 Å². The molecule has 1 aromatic carbocycles. The average molecular weight is 478 g/mol. The number of pyridine rings is 1. The van der Waals surface area contributed by atoms with Gasteiger partial charge in [-0.05, 0) is 55.4 Å². The van der Waals surface area contributed by atoms with Gasteiger partial charge in [0.05, 0.1) is 6.10 Å². The molecule has 1 aromatic heterocycles. The molecular formula is C27H35N5O3. The second kappa shape index (κ2) is 10.7. The van der Waals surface area contributed by atoms with Crippen molar-refractivity contribution in [1.29, 1.82) is 0 Å². The highest BCUT2D eigenvalue weighted by Crippen LogP contribution is 2.32. The summed E-state index contributed by atoms with van der Waals surface area (Å²) in [6.45, 7) is 4.01. The summed E-state index contributed by atoms with van der Waals surface area (Å²) >= 11 is 0. The minimum atomic E-state index is -0.632. The number of anilines is 1. The number of piperidine rings is 1. The number of likely N-dealkylation sites (tertiary alicyclic amines) is 1. The third-order valence-corrected chi connectivity index (χ3v) is 7.28. The van der Waals surface area contributed by atoms with Crippen molar-refractivity contribution in [2.45, 2.75) is 50.8 Å². The summed E-state index contributed by atoms with van der Waals surface area (Å²) in [4.78, 5) is 33.5. The molecule has 3 heterocycles. The highest BCUT2D eigenvalue weighted by molar-refractivity contribution is 5.94.